The standard InChI is InChI=1S/C12H11NO2S/c1-2-9-4-6-14-12(9)10(3-1)15-8-11-13-5-7-16-11/h1-3,5,7H,4,6,8H2. The smallest absolute Gasteiger partial charge is 0.164 e. The van der Waals surface area contributed by atoms with E-state index in [4.69, 9.17) is 9.47 Å². The highest BCUT2D eigenvalue weighted by molar-refractivity contribution is 7.09. The number of rotatable bonds is 3. The van der Waals surface area contributed by atoms with E-state index in [9.17, 15) is 0 Å². The summed E-state index contributed by atoms with van der Waals surface area (Å²) < 4.78 is 11.3. The van der Waals surface area contributed by atoms with E-state index >= 15 is 0 Å². The van der Waals surface area contributed by atoms with Gasteiger partial charge in [0.05, 0.1) is 6.61 Å². The monoisotopic (exact) mass is 233 g/mol. The highest BCUT2D eigenvalue weighted by Crippen LogP contribution is 2.35. The van der Waals surface area contributed by atoms with Gasteiger partial charge in [0.2, 0.25) is 0 Å². The molecule has 0 bridgehead atoms. The molecule has 1 aromatic heterocycles. The SMILES string of the molecule is c1cc2c(c(OCc3nccs3)c1)OCC2. The average Bonchev–Trinajstić information content (AvgIpc) is 2.97. The van der Waals surface area contributed by atoms with E-state index in [0.29, 0.717) is 6.61 Å². The molecule has 1 aromatic carbocycles. The molecule has 0 saturated heterocycles. The Morgan fingerprint density at radius 2 is 2.44 bits per heavy atom. The molecule has 3 nitrogen and oxygen atoms in total. The summed E-state index contributed by atoms with van der Waals surface area (Å²) in [5.74, 6) is 1.73. The molecule has 0 N–H and O–H groups in total. The molecule has 3 rings (SSSR count). The van der Waals surface area contributed by atoms with Crippen LogP contribution < -0.4 is 9.47 Å². The molecule has 82 valence electrons. The van der Waals surface area contributed by atoms with E-state index in [-0.39, 0.29) is 0 Å². The van der Waals surface area contributed by atoms with Gasteiger partial charge in [0.25, 0.3) is 0 Å². The summed E-state index contributed by atoms with van der Waals surface area (Å²) in [5.41, 5.74) is 1.23. The van der Waals surface area contributed by atoms with Crippen LogP contribution in [0.1, 0.15) is 10.6 Å². The minimum Gasteiger partial charge on any atom is -0.489 e. The Bertz CT molecular complexity index is 482. The molecule has 0 amide bonds. The molecule has 4 heteroatoms. The van der Waals surface area contributed by atoms with Crippen molar-refractivity contribution in [2.45, 2.75) is 13.0 Å². The summed E-state index contributed by atoms with van der Waals surface area (Å²) >= 11 is 1.60. The highest BCUT2D eigenvalue weighted by atomic mass is 32.1. The molecule has 1 aliphatic heterocycles. The second kappa shape index (κ2) is 4.14. The first-order valence-corrected chi connectivity index (χ1v) is 6.07. The van der Waals surface area contributed by atoms with Crippen LogP contribution in [-0.4, -0.2) is 11.6 Å². The number of thiazole rings is 1. The van der Waals surface area contributed by atoms with Gasteiger partial charge in [0, 0.05) is 23.6 Å². The van der Waals surface area contributed by atoms with Crippen molar-refractivity contribution < 1.29 is 9.47 Å². The minimum atomic E-state index is 0.511. The van der Waals surface area contributed by atoms with E-state index in [2.05, 4.69) is 11.1 Å². The zero-order chi connectivity index (χ0) is 10.8. The second-order valence-electron chi connectivity index (χ2n) is 3.56. The van der Waals surface area contributed by atoms with Gasteiger partial charge in [-0.15, -0.1) is 11.3 Å². The van der Waals surface area contributed by atoms with Crippen LogP contribution in [0.4, 0.5) is 0 Å². The number of fused-ring (bicyclic) bond motifs is 1. The topological polar surface area (TPSA) is 31.4 Å². The third-order valence-electron chi connectivity index (χ3n) is 2.51. The highest BCUT2D eigenvalue weighted by Gasteiger charge is 2.16. The minimum absolute atomic E-state index is 0.511. The van der Waals surface area contributed by atoms with Gasteiger partial charge in [0.1, 0.15) is 11.6 Å². The molecular weight excluding hydrogens is 222 g/mol. The van der Waals surface area contributed by atoms with E-state index < -0.39 is 0 Å². The maximum absolute atomic E-state index is 5.72. The van der Waals surface area contributed by atoms with Gasteiger partial charge >= 0.3 is 0 Å². The Morgan fingerprint density at radius 3 is 3.31 bits per heavy atom. The molecule has 2 aromatic rings. The largest absolute Gasteiger partial charge is 0.489 e. The van der Waals surface area contributed by atoms with Gasteiger partial charge in [-0.3, -0.25) is 0 Å². The van der Waals surface area contributed by atoms with Crippen molar-refractivity contribution in [1.82, 2.24) is 4.98 Å². The lowest BCUT2D eigenvalue weighted by Gasteiger charge is -2.08. The van der Waals surface area contributed by atoms with E-state index in [0.717, 1.165) is 29.5 Å². The molecule has 0 aliphatic carbocycles. The summed E-state index contributed by atoms with van der Waals surface area (Å²) in [5, 5.41) is 2.93. The van der Waals surface area contributed by atoms with Gasteiger partial charge in [-0.05, 0) is 6.07 Å². The number of ether oxygens (including phenoxy) is 2. The number of benzene rings is 1. The normalized spacial score (nSPS) is 13.2. The van der Waals surface area contributed by atoms with Crippen LogP contribution in [0.5, 0.6) is 11.5 Å². The quantitative estimate of drug-likeness (QED) is 0.816. The summed E-state index contributed by atoms with van der Waals surface area (Å²) in [4.78, 5) is 4.18. The van der Waals surface area contributed by atoms with Crippen LogP contribution in [0.3, 0.4) is 0 Å². The Morgan fingerprint density at radius 1 is 1.44 bits per heavy atom. The number of para-hydroxylation sites is 1. The van der Waals surface area contributed by atoms with Crippen molar-refractivity contribution in [3.05, 3.63) is 40.3 Å². The first-order chi connectivity index (χ1) is 7.93. The summed E-state index contributed by atoms with van der Waals surface area (Å²) in [6.45, 7) is 1.27. The molecule has 16 heavy (non-hydrogen) atoms. The van der Waals surface area contributed by atoms with Crippen LogP contribution in [0.25, 0.3) is 0 Å². The van der Waals surface area contributed by atoms with Gasteiger partial charge in [0.15, 0.2) is 11.5 Å². The average molecular weight is 233 g/mol. The van der Waals surface area contributed by atoms with Crippen molar-refractivity contribution in [1.29, 1.82) is 0 Å². The molecule has 0 unspecified atom stereocenters. The first kappa shape index (κ1) is 9.66. The van der Waals surface area contributed by atoms with Gasteiger partial charge in [-0.1, -0.05) is 12.1 Å². The number of aromatic nitrogens is 1. The van der Waals surface area contributed by atoms with Crippen LogP contribution in [0.15, 0.2) is 29.8 Å². The van der Waals surface area contributed by atoms with E-state index in [1.54, 1.807) is 17.5 Å². The predicted octanol–water partition coefficient (Wildman–Crippen LogP) is 2.66. The molecule has 1 aliphatic rings. The van der Waals surface area contributed by atoms with Crippen molar-refractivity contribution in [2.24, 2.45) is 0 Å². The lowest BCUT2D eigenvalue weighted by molar-refractivity contribution is 0.277. The molecule has 0 atom stereocenters. The maximum Gasteiger partial charge on any atom is 0.164 e. The summed E-state index contributed by atoms with van der Waals surface area (Å²) in [7, 11) is 0. The number of hydrogen-bond acceptors (Lipinski definition) is 4. The molecular formula is C12H11NO2S. The first-order valence-electron chi connectivity index (χ1n) is 5.19. The summed E-state index contributed by atoms with van der Waals surface area (Å²) in [6.07, 6.45) is 2.76. The zero-order valence-corrected chi connectivity index (χ0v) is 9.50. The van der Waals surface area contributed by atoms with Crippen LogP contribution in [0.2, 0.25) is 0 Å². The Balaban J connectivity index is 1.78. The Hall–Kier alpha value is -1.55. The molecule has 0 saturated carbocycles. The fraction of sp³-hybridized carbons (Fsp3) is 0.250. The Labute approximate surface area is 97.7 Å². The fourth-order valence-electron chi connectivity index (χ4n) is 1.76. The van der Waals surface area contributed by atoms with Crippen molar-refractivity contribution in [3.8, 4) is 11.5 Å². The van der Waals surface area contributed by atoms with Crippen LogP contribution in [0, 0.1) is 0 Å². The zero-order valence-electron chi connectivity index (χ0n) is 8.68. The van der Waals surface area contributed by atoms with Crippen LogP contribution >= 0.6 is 11.3 Å². The molecule has 0 spiro atoms. The predicted molar refractivity (Wildman–Crippen MR) is 62.1 cm³/mol. The molecule has 2 heterocycles. The summed E-state index contributed by atoms with van der Waals surface area (Å²) in [6, 6.07) is 6.03. The van der Waals surface area contributed by atoms with Gasteiger partial charge < -0.3 is 9.47 Å². The number of hydrogen-bond donors (Lipinski definition) is 0. The third kappa shape index (κ3) is 1.76. The van der Waals surface area contributed by atoms with Crippen molar-refractivity contribution in [2.75, 3.05) is 6.61 Å². The maximum atomic E-state index is 5.72. The molecule has 0 fully saturated rings. The van der Waals surface area contributed by atoms with E-state index in [1.165, 1.54) is 5.56 Å². The number of nitrogens with zero attached hydrogens (tertiary/aromatic N) is 1. The van der Waals surface area contributed by atoms with Crippen LogP contribution in [-0.2, 0) is 13.0 Å². The lowest BCUT2D eigenvalue weighted by Crippen LogP contribution is -1.96. The van der Waals surface area contributed by atoms with Crippen molar-refractivity contribution >= 4 is 11.3 Å². The molecule has 0 radical (unpaired) electrons. The van der Waals surface area contributed by atoms with Gasteiger partial charge in [-0.2, -0.15) is 0 Å². The fourth-order valence-corrected chi connectivity index (χ4v) is 2.29. The van der Waals surface area contributed by atoms with Crippen molar-refractivity contribution in [3.63, 3.8) is 0 Å². The van der Waals surface area contributed by atoms with E-state index in [1.807, 2.05) is 17.5 Å². The van der Waals surface area contributed by atoms with Gasteiger partial charge in [-0.25, -0.2) is 4.98 Å². The Kier molecular flexibility index (Phi) is 2.50. The third-order valence-corrected chi connectivity index (χ3v) is 3.27. The lowest BCUT2D eigenvalue weighted by atomic mass is 10.1. The second-order valence-corrected chi connectivity index (χ2v) is 4.54.